The maximum absolute atomic E-state index is 5.55. The molecule has 0 aromatic carbocycles. The van der Waals surface area contributed by atoms with Crippen molar-refractivity contribution < 1.29 is 0 Å². The van der Waals surface area contributed by atoms with E-state index in [1.807, 2.05) is 17.1 Å². The molecule has 1 aliphatic heterocycles. The number of amidine groups is 1. The van der Waals surface area contributed by atoms with Gasteiger partial charge in [0, 0.05) is 19.2 Å². The van der Waals surface area contributed by atoms with Crippen molar-refractivity contribution in [3.8, 4) is 0 Å². The third-order valence-corrected chi connectivity index (χ3v) is 1.77. The number of aromatic nitrogens is 1. The molecule has 0 saturated heterocycles. The smallest absolute Gasteiger partial charge is 0.122 e. The van der Waals surface area contributed by atoms with Crippen LogP contribution < -0.4 is 10.7 Å². The minimum Gasteiger partial charge on any atom is -0.386 e. The lowest BCUT2D eigenvalue weighted by molar-refractivity contribution is 0.916. The summed E-state index contributed by atoms with van der Waals surface area (Å²) in [7, 11) is 0. The monoisotopic (exact) mass is 162 g/mol. The molecule has 1 aliphatic rings. The average molecular weight is 162 g/mol. The summed E-state index contributed by atoms with van der Waals surface area (Å²) in [5, 5.41) is 6.01. The molecular formula is C8H10N4. The Morgan fingerprint density at radius 1 is 1.50 bits per heavy atom. The van der Waals surface area contributed by atoms with Crippen molar-refractivity contribution >= 4 is 11.5 Å². The summed E-state index contributed by atoms with van der Waals surface area (Å²) >= 11 is 0. The van der Waals surface area contributed by atoms with Crippen molar-refractivity contribution in [3.05, 3.63) is 24.5 Å². The van der Waals surface area contributed by atoms with Crippen molar-refractivity contribution in [1.29, 1.82) is 0 Å². The van der Waals surface area contributed by atoms with Gasteiger partial charge in [-0.15, -0.1) is 0 Å². The first-order valence-electron chi connectivity index (χ1n) is 3.87. The largest absolute Gasteiger partial charge is 0.386 e. The predicted octanol–water partition coefficient (Wildman–Crippen LogP) is 0.564. The van der Waals surface area contributed by atoms with Gasteiger partial charge in [0.05, 0.1) is 11.9 Å². The van der Waals surface area contributed by atoms with Crippen LogP contribution in [0.15, 0.2) is 29.6 Å². The summed E-state index contributed by atoms with van der Waals surface area (Å²) in [4.78, 5) is 4.00. The maximum Gasteiger partial charge on any atom is 0.122 e. The highest BCUT2D eigenvalue weighted by Crippen LogP contribution is 2.15. The molecule has 0 amide bonds. The highest BCUT2D eigenvalue weighted by molar-refractivity contribution is 5.84. The highest BCUT2D eigenvalue weighted by Gasteiger charge is 2.12. The second-order valence-electron chi connectivity index (χ2n) is 2.68. The van der Waals surface area contributed by atoms with Crippen LogP contribution in [-0.2, 0) is 0 Å². The highest BCUT2D eigenvalue weighted by atomic mass is 15.5. The lowest BCUT2D eigenvalue weighted by Gasteiger charge is -2.11. The molecule has 2 rings (SSSR count). The van der Waals surface area contributed by atoms with Crippen molar-refractivity contribution in [2.75, 3.05) is 11.6 Å². The molecule has 2 heterocycles. The van der Waals surface area contributed by atoms with Gasteiger partial charge in [-0.25, -0.2) is 0 Å². The van der Waals surface area contributed by atoms with Crippen LogP contribution in [0.4, 0.5) is 5.69 Å². The van der Waals surface area contributed by atoms with E-state index in [1.54, 1.807) is 12.4 Å². The molecule has 0 aliphatic carbocycles. The van der Waals surface area contributed by atoms with Gasteiger partial charge < -0.3 is 5.73 Å². The fourth-order valence-electron chi connectivity index (χ4n) is 1.17. The summed E-state index contributed by atoms with van der Waals surface area (Å²) in [6.45, 7) is 0.859. The molecule has 62 valence electrons. The van der Waals surface area contributed by atoms with Crippen molar-refractivity contribution in [2.24, 2.45) is 10.8 Å². The van der Waals surface area contributed by atoms with E-state index in [9.17, 15) is 0 Å². The molecule has 0 unspecified atom stereocenters. The molecule has 1 aromatic rings. The number of hydrogen-bond donors (Lipinski definition) is 1. The summed E-state index contributed by atoms with van der Waals surface area (Å²) in [5.74, 6) is 0.693. The third-order valence-electron chi connectivity index (χ3n) is 1.77. The van der Waals surface area contributed by atoms with Crippen LogP contribution in [0.25, 0.3) is 0 Å². The Morgan fingerprint density at radius 3 is 3.00 bits per heavy atom. The number of nitrogens with two attached hydrogens (primary N) is 1. The average Bonchev–Trinajstić information content (AvgIpc) is 2.54. The first-order chi connectivity index (χ1) is 5.86. The zero-order valence-electron chi connectivity index (χ0n) is 6.64. The van der Waals surface area contributed by atoms with Gasteiger partial charge in [0.15, 0.2) is 0 Å². The standard InChI is InChI=1S/C8H10N4/c9-8-3-5-12(11-8)7-2-1-4-10-6-7/h1-2,4,6H,3,5H2,(H2,9,11). The van der Waals surface area contributed by atoms with E-state index in [-0.39, 0.29) is 0 Å². The van der Waals surface area contributed by atoms with Gasteiger partial charge in [-0.05, 0) is 12.1 Å². The van der Waals surface area contributed by atoms with E-state index in [4.69, 9.17) is 5.73 Å². The number of pyridine rings is 1. The number of nitrogens with zero attached hydrogens (tertiary/aromatic N) is 3. The van der Waals surface area contributed by atoms with Gasteiger partial charge in [0.2, 0.25) is 0 Å². The maximum atomic E-state index is 5.55. The van der Waals surface area contributed by atoms with Gasteiger partial charge in [-0.1, -0.05) is 0 Å². The van der Waals surface area contributed by atoms with Gasteiger partial charge in [0.1, 0.15) is 5.84 Å². The SMILES string of the molecule is NC1=NN(c2cccnc2)CC1. The Bertz CT molecular complexity index is 293. The van der Waals surface area contributed by atoms with Crippen LogP contribution in [0.5, 0.6) is 0 Å². The second-order valence-corrected chi connectivity index (χ2v) is 2.68. The van der Waals surface area contributed by atoms with E-state index < -0.39 is 0 Å². The van der Waals surface area contributed by atoms with Crippen molar-refractivity contribution in [1.82, 2.24) is 4.98 Å². The van der Waals surface area contributed by atoms with Crippen LogP contribution in [0.3, 0.4) is 0 Å². The van der Waals surface area contributed by atoms with E-state index in [0.717, 1.165) is 18.7 Å². The van der Waals surface area contributed by atoms with Crippen LogP contribution in [-0.4, -0.2) is 17.4 Å². The predicted molar refractivity (Wildman–Crippen MR) is 47.8 cm³/mol. The molecular weight excluding hydrogens is 152 g/mol. The normalized spacial score (nSPS) is 16.3. The van der Waals surface area contributed by atoms with Crippen molar-refractivity contribution in [2.45, 2.75) is 6.42 Å². The molecule has 0 fully saturated rings. The molecule has 12 heavy (non-hydrogen) atoms. The molecule has 0 radical (unpaired) electrons. The fraction of sp³-hybridized carbons (Fsp3) is 0.250. The first kappa shape index (κ1) is 7.09. The number of hydrazone groups is 1. The second kappa shape index (κ2) is 2.81. The summed E-state index contributed by atoms with van der Waals surface area (Å²) in [6.07, 6.45) is 4.36. The Morgan fingerprint density at radius 2 is 2.42 bits per heavy atom. The van der Waals surface area contributed by atoms with Crippen LogP contribution in [0, 0.1) is 0 Å². The quantitative estimate of drug-likeness (QED) is 0.656. The zero-order valence-corrected chi connectivity index (χ0v) is 6.64. The summed E-state index contributed by atoms with van der Waals surface area (Å²) in [6, 6.07) is 3.86. The Kier molecular flexibility index (Phi) is 1.66. The minimum atomic E-state index is 0.693. The molecule has 0 spiro atoms. The molecule has 2 N–H and O–H groups in total. The third kappa shape index (κ3) is 1.23. The zero-order chi connectivity index (χ0) is 8.39. The molecule has 0 atom stereocenters. The molecule has 0 saturated carbocycles. The van der Waals surface area contributed by atoms with Crippen LogP contribution >= 0.6 is 0 Å². The number of hydrogen-bond acceptors (Lipinski definition) is 4. The molecule has 4 heteroatoms. The van der Waals surface area contributed by atoms with Crippen LogP contribution in [0.2, 0.25) is 0 Å². The fourth-order valence-corrected chi connectivity index (χ4v) is 1.17. The molecule has 4 nitrogen and oxygen atoms in total. The Balaban J connectivity index is 2.22. The van der Waals surface area contributed by atoms with Crippen LogP contribution in [0.1, 0.15) is 6.42 Å². The minimum absolute atomic E-state index is 0.693. The lowest BCUT2D eigenvalue weighted by atomic mass is 10.4. The van der Waals surface area contributed by atoms with Gasteiger partial charge in [-0.3, -0.25) is 9.99 Å². The molecule has 0 bridgehead atoms. The summed E-state index contributed by atoms with van der Waals surface area (Å²) in [5.41, 5.74) is 6.55. The number of rotatable bonds is 1. The lowest BCUT2D eigenvalue weighted by Crippen LogP contribution is -2.11. The molecule has 1 aromatic heterocycles. The van der Waals surface area contributed by atoms with E-state index in [0.29, 0.717) is 5.84 Å². The first-order valence-corrected chi connectivity index (χ1v) is 3.87. The van der Waals surface area contributed by atoms with Gasteiger partial charge >= 0.3 is 0 Å². The topological polar surface area (TPSA) is 54.5 Å². The summed E-state index contributed by atoms with van der Waals surface area (Å²) < 4.78 is 0. The Hall–Kier alpha value is -1.58. The van der Waals surface area contributed by atoms with E-state index in [1.165, 1.54) is 0 Å². The van der Waals surface area contributed by atoms with E-state index >= 15 is 0 Å². The Labute approximate surface area is 70.7 Å². The van der Waals surface area contributed by atoms with Crippen molar-refractivity contribution in [3.63, 3.8) is 0 Å². The van der Waals surface area contributed by atoms with Gasteiger partial charge in [-0.2, -0.15) is 5.10 Å². The van der Waals surface area contributed by atoms with E-state index in [2.05, 4.69) is 10.1 Å². The number of anilines is 1. The van der Waals surface area contributed by atoms with Gasteiger partial charge in [0.25, 0.3) is 0 Å².